The second kappa shape index (κ2) is 5.73. The fourth-order valence-electron chi connectivity index (χ4n) is 2.08. The quantitative estimate of drug-likeness (QED) is 0.802. The first-order valence-corrected chi connectivity index (χ1v) is 6.52. The molecule has 7 heteroatoms. The molecule has 1 heterocycles. The van der Waals surface area contributed by atoms with Crippen LogP contribution in [0, 0.1) is 0 Å². The van der Waals surface area contributed by atoms with Crippen molar-refractivity contribution in [3.63, 3.8) is 0 Å². The predicted octanol–water partition coefficient (Wildman–Crippen LogP) is 0.665. The number of halogens is 1. The summed E-state index contributed by atoms with van der Waals surface area (Å²) in [5.74, 6) is -0.450. The van der Waals surface area contributed by atoms with Gasteiger partial charge in [0.05, 0.1) is 13.2 Å². The van der Waals surface area contributed by atoms with Crippen LogP contribution in [0.3, 0.4) is 0 Å². The number of nitrogens with zero attached hydrogens (tertiary/aromatic N) is 1. The Kier molecular flexibility index (Phi) is 4.24. The van der Waals surface area contributed by atoms with E-state index in [-0.39, 0.29) is 11.6 Å². The number of thiocarbonyl (C=S) groups is 1. The molecule has 2 rings (SSSR count). The van der Waals surface area contributed by atoms with Crippen LogP contribution in [0.4, 0.5) is 5.69 Å². The van der Waals surface area contributed by atoms with Crippen LogP contribution in [-0.2, 0) is 9.53 Å². The fourth-order valence-corrected chi connectivity index (χ4v) is 2.42. The molecule has 1 saturated heterocycles. The van der Waals surface area contributed by atoms with Crippen LogP contribution >= 0.6 is 23.8 Å². The van der Waals surface area contributed by atoms with Crippen LogP contribution in [0.15, 0.2) is 18.2 Å². The maximum atomic E-state index is 11.5. The summed E-state index contributed by atoms with van der Waals surface area (Å²) >= 11 is 11.0. The molecule has 1 aliphatic rings. The van der Waals surface area contributed by atoms with Crippen LogP contribution in [0.1, 0.15) is 5.56 Å². The van der Waals surface area contributed by atoms with Gasteiger partial charge in [0.2, 0.25) is 5.91 Å². The van der Waals surface area contributed by atoms with Crippen molar-refractivity contribution in [2.24, 2.45) is 11.5 Å². The average molecular weight is 300 g/mol. The minimum Gasteiger partial charge on any atom is -0.389 e. The number of benzene rings is 1. The molecule has 1 amide bonds. The van der Waals surface area contributed by atoms with Crippen LogP contribution in [-0.4, -0.2) is 36.7 Å². The van der Waals surface area contributed by atoms with Crippen molar-refractivity contribution in [1.29, 1.82) is 0 Å². The smallest absolute Gasteiger partial charge is 0.242 e. The van der Waals surface area contributed by atoms with Crippen LogP contribution in [0.5, 0.6) is 0 Å². The Labute approximate surface area is 121 Å². The lowest BCUT2D eigenvalue weighted by atomic mass is 10.1. The predicted molar refractivity (Wildman–Crippen MR) is 78.5 cm³/mol. The molecule has 0 saturated carbocycles. The molecule has 19 heavy (non-hydrogen) atoms. The number of hydrogen-bond acceptors (Lipinski definition) is 4. The third-order valence-corrected chi connectivity index (χ3v) is 3.45. The third-order valence-electron chi connectivity index (χ3n) is 2.99. The number of carbonyl (C=O) groups excluding carboxylic acids is 1. The van der Waals surface area contributed by atoms with Crippen molar-refractivity contribution >= 4 is 40.4 Å². The highest BCUT2D eigenvalue weighted by Gasteiger charge is 2.29. The van der Waals surface area contributed by atoms with E-state index < -0.39 is 11.9 Å². The molecule has 5 nitrogen and oxygen atoms in total. The Morgan fingerprint density at radius 2 is 2.21 bits per heavy atom. The van der Waals surface area contributed by atoms with E-state index in [4.69, 9.17) is 40.0 Å². The summed E-state index contributed by atoms with van der Waals surface area (Å²) < 4.78 is 5.29. The van der Waals surface area contributed by atoms with Crippen LogP contribution in [0.25, 0.3) is 0 Å². The Hall–Kier alpha value is -1.37. The van der Waals surface area contributed by atoms with E-state index in [2.05, 4.69) is 0 Å². The topological polar surface area (TPSA) is 81.6 Å². The maximum absolute atomic E-state index is 11.5. The highest BCUT2D eigenvalue weighted by atomic mass is 35.5. The molecule has 1 aromatic rings. The Balaban J connectivity index is 2.46. The van der Waals surface area contributed by atoms with Crippen LogP contribution < -0.4 is 16.4 Å². The van der Waals surface area contributed by atoms with Crippen molar-refractivity contribution in [3.8, 4) is 0 Å². The molecule has 1 unspecified atom stereocenters. The van der Waals surface area contributed by atoms with Gasteiger partial charge in [-0.05, 0) is 18.2 Å². The summed E-state index contributed by atoms with van der Waals surface area (Å²) in [6.07, 6.45) is 0. The van der Waals surface area contributed by atoms with Crippen molar-refractivity contribution in [2.45, 2.75) is 6.04 Å². The number of hydrogen-bond donors (Lipinski definition) is 2. The Bertz CT molecular complexity index is 524. The van der Waals surface area contributed by atoms with Crippen LogP contribution in [0.2, 0.25) is 5.02 Å². The van der Waals surface area contributed by atoms with Gasteiger partial charge in [-0.2, -0.15) is 0 Å². The normalized spacial score (nSPS) is 19.2. The number of primary amides is 1. The second-order valence-electron chi connectivity index (χ2n) is 4.21. The van der Waals surface area contributed by atoms with E-state index in [0.717, 1.165) is 0 Å². The van der Waals surface area contributed by atoms with Gasteiger partial charge in [-0.1, -0.05) is 23.8 Å². The summed E-state index contributed by atoms with van der Waals surface area (Å²) in [7, 11) is 0. The summed E-state index contributed by atoms with van der Waals surface area (Å²) in [6, 6.07) is 4.64. The zero-order valence-corrected chi connectivity index (χ0v) is 11.7. The first kappa shape index (κ1) is 14.0. The molecular weight excluding hydrogens is 286 g/mol. The molecule has 0 spiro atoms. The Morgan fingerprint density at radius 1 is 1.47 bits per heavy atom. The summed E-state index contributed by atoms with van der Waals surface area (Å²) in [6.45, 7) is 1.29. The van der Waals surface area contributed by atoms with Gasteiger partial charge < -0.3 is 21.1 Å². The van der Waals surface area contributed by atoms with Gasteiger partial charge in [0.25, 0.3) is 0 Å². The molecule has 102 valence electrons. The van der Waals surface area contributed by atoms with Crippen molar-refractivity contribution in [3.05, 3.63) is 28.8 Å². The lowest BCUT2D eigenvalue weighted by Gasteiger charge is -2.36. The van der Waals surface area contributed by atoms with E-state index in [1.807, 2.05) is 4.90 Å². The van der Waals surface area contributed by atoms with E-state index >= 15 is 0 Å². The minimum absolute atomic E-state index is 0.249. The van der Waals surface area contributed by atoms with E-state index in [1.165, 1.54) is 0 Å². The molecule has 1 aliphatic heterocycles. The van der Waals surface area contributed by atoms with Gasteiger partial charge in [-0.15, -0.1) is 0 Å². The first-order valence-electron chi connectivity index (χ1n) is 5.73. The molecule has 1 fully saturated rings. The van der Waals surface area contributed by atoms with Crippen molar-refractivity contribution in [1.82, 2.24) is 0 Å². The zero-order chi connectivity index (χ0) is 14.0. The molecular formula is C12H14ClN3O2S. The molecule has 0 bridgehead atoms. The Morgan fingerprint density at radius 3 is 2.84 bits per heavy atom. The lowest BCUT2D eigenvalue weighted by molar-refractivity contribution is -0.121. The number of anilines is 1. The summed E-state index contributed by atoms with van der Waals surface area (Å²) in [4.78, 5) is 13.6. The number of amides is 1. The minimum atomic E-state index is -0.541. The van der Waals surface area contributed by atoms with Gasteiger partial charge >= 0.3 is 0 Å². The highest BCUT2D eigenvalue weighted by molar-refractivity contribution is 7.80. The number of ether oxygens (including phenoxy) is 1. The molecule has 1 atom stereocenters. The summed E-state index contributed by atoms with van der Waals surface area (Å²) in [5.41, 5.74) is 12.5. The molecule has 1 aromatic carbocycles. The van der Waals surface area contributed by atoms with Gasteiger partial charge in [0, 0.05) is 22.8 Å². The number of rotatable bonds is 3. The van der Waals surface area contributed by atoms with Gasteiger partial charge in [0.1, 0.15) is 11.0 Å². The third kappa shape index (κ3) is 2.97. The van der Waals surface area contributed by atoms with Crippen molar-refractivity contribution in [2.75, 3.05) is 24.7 Å². The lowest BCUT2D eigenvalue weighted by Crippen LogP contribution is -2.53. The monoisotopic (exact) mass is 299 g/mol. The number of carbonyl (C=O) groups is 1. The van der Waals surface area contributed by atoms with E-state index in [9.17, 15) is 4.79 Å². The molecule has 0 aromatic heterocycles. The number of morpholine rings is 1. The average Bonchev–Trinajstić information content (AvgIpc) is 2.38. The highest BCUT2D eigenvalue weighted by Crippen LogP contribution is 2.27. The first-order chi connectivity index (χ1) is 9.00. The van der Waals surface area contributed by atoms with E-state index in [0.29, 0.717) is 29.4 Å². The molecule has 0 aliphatic carbocycles. The van der Waals surface area contributed by atoms with Gasteiger partial charge in [0.15, 0.2) is 0 Å². The van der Waals surface area contributed by atoms with E-state index in [1.54, 1.807) is 18.2 Å². The second-order valence-corrected chi connectivity index (χ2v) is 5.09. The SMILES string of the molecule is NC(=O)C1COCCN1c1cc(Cl)ccc1C(N)=S. The fraction of sp³-hybridized carbons (Fsp3) is 0.333. The zero-order valence-electron chi connectivity index (χ0n) is 10.1. The van der Waals surface area contributed by atoms with Gasteiger partial charge in [-0.3, -0.25) is 4.79 Å². The maximum Gasteiger partial charge on any atom is 0.242 e. The largest absolute Gasteiger partial charge is 0.389 e. The van der Waals surface area contributed by atoms with Gasteiger partial charge in [-0.25, -0.2) is 0 Å². The number of nitrogens with two attached hydrogens (primary N) is 2. The molecule has 0 radical (unpaired) electrons. The molecule has 4 N–H and O–H groups in total. The standard InChI is InChI=1S/C12H14ClN3O2S/c13-7-1-2-8(12(15)19)9(5-7)16-3-4-18-6-10(16)11(14)17/h1-2,5,10H,3-4,6H2,(H2,14,17)(H2,15,19). The van der Waals surface area contributed by atoms with Crippen molar-refractivity contribution < 1.29 is 9.53 Å². The summed E-state index contributed by atoms with van der Waals surface area (Å²) in [5, 5.41) is 0.546.